The van der Waals surface area contributed by atoms with E-state index in [0.29, 0.717) is 0 Å². The largest absolute Gasteiger partial charge is 0.497 e. The summed E-state index contributed by atoms with van der Waals surface area (Å²) in [7, 11) is -2.16. The van der Waals surface area contributed by atoms with Crippen LogP contribution >= 0.6 is 0 Å². The molecule has 0 saturated carbocycles. The smallest absolute Gasteiger partial charge is 0.240 e. The number of hydrogen-bond donors (Lipinski definition) is 1. The number of halogens is 1. The number of ether oxygens (including phenoxy) is 1. The highest BCUT2D eigenvalue weighted by Crippen LogP contribution is 2.26. The Morgan fingerprint density at radius 3 is 2.44 bits per heavy atom. The molecule has 7 heteroatoms. The van der Waals surface area contributed by atoms with Crippen LogP contribution in [-0.4, -0.2) is 40.1 Å². The van der Waals surface area contributed by atoms with Gasteiger partial charge in [-0.1, -0.05) is 24.6 Å². The van der Waals surface area contributed by atoms with Gasteiger partial charge >= 0.3 is 0 Å². The molecular weight excluding hydrogens is 367 g/mol. The Morgan fingerprint density at radius 2 is 1.81 bits per heavy atom. The van der Waals surface area contributed by atoms with Crippen LogP contribution in [0.3, 0.4) is 0 Å². The van der Waals surface area contributed by atoms with Crippen LogP contribution in [0.4, 0.5) is 4.39 Å². The molecule has 1 heterocycles. The van der Waals surface area contributed by atoms with E-state index in [0.717, 1.165) is 43.3 Å². The molecule has 1 saturated heterocycles. The van der Waals surface area contributed by atoms with E-state index in [1.54, 1.807) is 7.11 Å². The molecule has 1 fully saturated rings. The summed E-state index contributed by atoms with van der Waals surface area (Å²) in [5.41, 5.74) is 1.03. The average Bonchev–Trinajstić information content (AvgIpc) is 2.69. The molecule has 0 aliphatic carbocycles. The summed E-state index contributed by atoms with van der Waals surface area (Å²) in [6.07, 6.45) is 3.40. The Balaban J connectivity index is 1.80. The summed E-state index contributed by atoms with van der Waals surface area (Å²) < 4.78 is 46.5. The van der Waals surface area contributed by atoms with Gasteiger partial charge in [0, 0.05) is 12.6 Å². The molecule has 1 aliphatic rings. The molecule has 2 aromatic rings. The summed E-state index contributed by atoms with van der Waals surface area (Å²) in [6.45, 7) is 2.09. The van der Waals surface area contributed by atoms with Gasteiger partial charge in [-0.25, -0.2) is 17.5 Å². The van der Waals surface area contributed by atoms with Gasteiger partial charge in [0.2, 0.25) is 10.0 Å². The van der Waals surface area contributed by atoms with E-state index in [-0.39, 0.29) is 17.5 Å². The summed E-state index contributed by atoms with van der Waals surface area (Å²) >= 11 is 0. The van der Waals surface area contributed by atoms with E-state index in [1.807, 2.05) is 24.3 Å². The molecule has 2 aromatic carbocycles. The van der Waals surface area contributed by atoms with Crippen molar-refractivity contribution in [2.24, 2.45) is 0 Å². The first-order valence-corrected chi connectivity index (χ1v) is 10.6. The van der Waals surface area contributed by atoms with Gasteiger partial charge < -0.3 is 4.74 Å². The Labute approximate surface area is 160 Å². The van der Waals surface area contributed by atoms with Crippen molar-refractivity contribution in [1.82, 2.24) is 9.62 Å². The van der Waals surface area contributed by atoms with Gasteiger partial charge in [-0.05, 0) is 61.8 Å². The zero-order chi connectivity index (χ0) is 19.3. The summed E-state index contributed by atoms with van der Waals surface area (Å²) in [5.74, 6) is 0.192. The second-order valence-electron chi connectivity index (χ2n) is 6.69. The number of rotatable bonds is 7. The van der Waals surface area contributed by atoms with Crippen LogP contribution < -0.4 is 9.46 Å². The molecule has 1 atom stereocenters. The van der Waals surface area contributed by atoms with Gasteiger partial charge in [0.05, 0.1) is 12.0 Å². The van der Waals surface area contributed by atoms with E-state index < -0.39 is 15.8 Å². The van der Waals surface area contributed by atoms with Crippen molar-refractivity contribution >= 4 is 10.0 Å². The Bertz CT molecular complexity index is 850. The molecule has 5 nitrogen and oxygen atoms in total. The highest BCUT2D eigenvalue weighted by atomic mass is 32.2. The van der Waals surface area contributed by atoms with Crippen molar-refractivity contribution in [3.8, 4) is 5.75 Å². The SMILES string of the molecule is COc1ccc(C(CNS(=O)(=O)c2cccc(F)c2)N2CCCCC2)cc1. The van der Waals surface area contributed by atoms with Crippen LogP contribution in [0.5, 0.6) is 5.75 Å². The first-order valence-electron chi connectivity index (χ1n) is 9.13. The Kier molecular flexibility index (Phi) is 6.46. The van der Waals surface area contributed by atoms with Crippen LogP contribution in [-0.2, 0) is 10.0 Å². The van der Waals surface area contributed by atoms with Crippen LogP contribution in [0.2, 0.25) is 0 Å². The third kappa shape index (κ3) is 5.06. The standard InChI is InChI=1S/C20H25FN2O3S/c1-26-18-10-8-16(9-11-18)20(23-12-3-2-4-13-23)15-22-27(24,25)19-7-5-6-17(21)14-19/h5-11,14,20,22H,2-4,12-13,15H2,1H3. The Morgan fingerprint density at radius 1 is 1.11 bits per heavy atom. The van der Waals surface area contributed by atoms with Crippen molar-refractivity contribution in [1.29, 1.82) is 0 Å². The van der Waals surface area contributed by atoms with E-state index in [1.165, 1.54) is 24.6 Å². The first-order chi connectivity index (χ1) is 13.0. The lowest BCUT2D eigenvalue weighted by Gasteiger charge is -2.35. The third-order valence-electron chi connectivity index (χ3n) is 4.91. The lowest BCUT2D eigenvalue weighted by atomic mass is 10.0. The van der Waals surface area contributed by atoms with Crippen molar-refractivity contribution in [2.75, 3.05) is 26.7 Å². The van der Waals surface area contributed by atoms with Crippen molar-refractivity contribution in [3.63, 3.8) is 0 Å². The highest BCUT2D eigenvalue weighted by Gasteiger charge is 2.25. The number of likely N-dealkylation sites (tertiary alicyclic amines) is 1. The van der Waals surface area contributed by atoms with Gasteiger partial charge in [0.25, 0.3) is 0 Å². The molecule has 0 spiro atoms. The predicted octanol–water partition coefficient (Wildman–Crippen LogP) is 3.34. The molecule has 3 rings (SSSR count). The molecule has 0 radical (unpaired) electrons. The van der Waals surface area contributed by atoms with Gasteiger partial charge in [-0.3, -0.25) is 4.90 Å². The fourth-order valence-electron chi connectivity index (χ4n) is 3.42. The van der Waals surface area contributed by atoms with Crippen LogP contribution in [0.25, 0.3) is 0 Å². The van der Waals surface area contributed by atoms with Gasteiger partial charge in [0.1, 0.15) is 11.6 Å². The third-order valence-corrected chi connectivity index (χ3v) is 6.33. The number of nitrogens with zero attached hydrogens (tertiary/aromatic N) is 1. The van der Waals surface area contributed by atoms with Crippen molar-refractivity contribution in [3.05, 3.63) is 59.9 Å². The van der Waals surface area contributed by atoms with Gasteiger partial charge in [-0.2, -0.15) is 0 Å². The minimum Gasteiger partial charge on any atom is -0.497 e. The van der Waals surface area contributed by atoms with E-state index in [4.69, 9.17) is 4.74 Å². The molecule has 0 bridgehead atoms. The molecule has 0 aromatic heterocycles. The molecule has 27 heavy (non-hydrogen) atoms. The zero-order valence-electron chi connectivity index (χ0n) is 15.4. The first kappa shape index (κ1) is 19.8. The van der Waals surface area contributed by atoms with Crippen LogP contribution in [0.15, 0.2) is 53.4 Å². The monoisotopic (exact) mass is 392 g/mol. The number of methoxy groups -OCH3 is 1. The molecular formula is C20H25FN2O3S. The number of piperidine rings is 1. The minimum atomic E-state index is -3.78. The molecule has 0 amide bonds. The summed E-state index contributed by atoms with van der Waals surface area (Å²) in [5, 5.41) is 0. The molecule has 1 N–H and O–H groups in total. The van der Waals surface area contributed by atoms with E-state index >= 15 is 0 Å². The number of sulfonamides is 1. The van der Waals surface area contributed by atoms with Crippen LogP contribution in [0, 0.1) is 5.82 Å². The lowest BCUT2D eigenvalue weighted by Crippen LogP contribution is -2.40. The summed E-state index contributed by atoms with van der Waals surface area (Å²) in [6, 6.07) is 12.7. The molecule has 1 aliphatic heterocycles. The number of benzene rings is 2. The quantitative estimate of drug-likeness (QED) is 0.785. The van der Waals surface area contributed by atoms with Crippen LogP contribution in [0.1, 0.15) is 30.9 Å². The maximum atomic E-state index is 13.4. The fraction of sp³-hybridized carbons (Fsp3) is 0.400. The minimum absolute atomic E-state index is 0.0605. The summed E-state index contributed by atoms with van der Waals surface area (Å²) in [4.78, 5) is 2.24. The second-order valence-corrected chi connectivity index (χ2v) is 8.46. The zero-order valence-corrected chi connectivity index (χ0v) is 16.2. The molecule has 146 valence electrons. The van der Waals surface area contributed by atoms with E-state index in [9.17, 15) is 12.8 Å². The fourth-order valence-corrected chi connectivity index (χ4v) is 4.49. The molecule has 1 unspecified atom stereocenters. The van der Waals surface area contributed by atoms with Gasteiger partial charge in [0.15, 0.2) is 0 Å². The normalized spacial score (nSPS) is 16.8. The second kappa shape index (κ2) is 8.82. The Hall–Kier alpha value is -1.96. The van der Waals surface area contributed by atoms with Crippen molar-refractivity contribution in [2.45, 2.75) is 30.2 Å². The average molecular weight is 392 g/mol. The lowest BCUT2D eigenvalue weighted by molar-refractivity contribution is 0.164. The maximum absolute atomic E-state index is 13.4. The maximum Gasteiger partial charge on any atom is 0.240 e. The topological polar surface area (TPSA) is 58.6 Å². The van der Waals surface area contributed by atoms with Crippen molar-refractivity contribution < 1.29 is 17.5 Å². The van der Waals surface area contributed by atoms with E-state index in [2.05, 4.69) is 9.62 Å². The van der Waals surface area contributed by atoms with Gasteiger partial charge in [-0.15, -0.1) is 0 Å². The highest BCUT2D eigenvalue weighted by molar-refractivity contribution is 7.89. The number of nitrogens with one attached hydrogen (secondary N) is 1. The predicted molar refractivity (Wildman–Crippen MR) is 103 cm³/mol. The number of hydrogen-bond acceptors (Lipinski definition) is 4.